The molecule has 0 atom stereocenters. The van der Waals surface area contributed by atoms with Crippen molar-refractivity contribution in [1.82, 2.24) is 15.5 Å². The molecular weight excluding hydrogens is 338 g/mol. The molecule has 6 heteroatoms. The summed E-state index contributed by atoms with van der Waals surface area (Å²) < 4.78 is 0. The smallest absolute Gasteiger partial charge is 0.224 e. The Morgan fingerprint density at radius 3 is 2.37 bits per heavy atom. The Bertz CT molecular complexity index is 579. The number of carbonyl (C=O) groups excluding carboxylic acids is 1. The number of nitrogens with one attached hydrogen (secondary N) is 2. The summed E-state index contributed by atoms with van der Waals surface area (Å²) in [6.07, 6.45) is 2.83. The van der Waals surface area contributed by atoms with Crippen LogP contribution in [0.5, 0.6) is 0 Å². The molecule has 1 aromatic rings. The molecule has 0 unspecified atom stereocenters. The van der Waals surface area contributed by atoms with Crippen LogP contribution in [0.2, 0.25) is 0 Å². The van der Waals surface area contributed by atoms with E-state index < -0.39 is 0 Å². The van der Waals surface area contributed by atoms with Gasteiger partial charge in [0.25, 0.3) is 0 Å². The minimum atomic E-state index is 0.213. The first-order valence-corrected chi connectivity index (χ1v) is 10.1. The van der Waals surface area contributed by atoms with Gasteiger partial charge in [-0.15, -0.1) is 0 Å². The maximum absolute atomic E-state index is 12.5. The van der Waals surface area contributed by atoms with E-state index in [2.05, 4.69) is 58.6 Å². The lowest BCUT2D eigenvalue weighted by molar-refractivity contribution is -0.131. The second-order valence-electron chi connectivity index (χ2n) is 7.42. The molecule has 150 valence electrons. The van der Waals surface area contributed by atoms with Gasteiger partial charge in [0.05, 0.1) is 0 Å². The van der Waals surface area contributed by atoms with E-state index in [1.807, 2.05) is 11.0 Å². The van der Waals surface area contributed by atoms with E-state index in [0.29, 0.717) is 13.0 Å². The van der Waals surface area contributed by atoms with E-state index >= 15 is 0 Å². The number of nitrogens with zero attached hydrogens (tertiary/aromatic N) is 3. The van der Waals surface area contributed by atoms with Gasteiger partial charge in [0.15, 0.2) is 5.96 Å². The third kappa shape index (κ3) is 7.49. The van der Waals surface area contributed by atoms with Crippen molar-refractivity contribution in [2.24, 2.45) is 10.9 Å². The largest absolute Gasteiger partial charge is 0.368 e. The van der Waals surface area contributed by atoms with Crippen LogP contribution in [0.15, 0.2) is 35.3 Å². The number of hydrogen-bond donors (Lipinski definition) is 2. The van der Waals surface area contributed by atoms with Crippen LogP contribution in [-0.2, 0) is 4.79 Å². The molecule has 1 fully saturated rings. The van der Waals surface area contributed by atoms with Crippen LogP contribution in [0.4, 0.5) is 5.69 Å². The Labute approximate surface area is 164 Å². The number of para-hydroxylation sites is 1. The zero-order chi connectivity index (χ0) is 19.5. The average molecular weight is 374 g/mol. The zero-order valence-electron chi connectivity index (χ0n) is 17.1. The lowest BCUT2D eigenvalue weighted by atomic mass is 10.1. The fourth-order valence-electron chi connectivity index (χ4n) is 3.24. The van der Waals surface area contributed by atoms with Crippen LogP contribution in [0, 0.1) is 5.92 Å². The first kappa shape index (κ1) is 21.1. The lowest BCUT2D eigenvalue weighted by Crippen LogP contribution is -2.49. The van der Waals surface area contributed by atoms with Gasteiger partial charge in [0, 0.05) is 58.4 Å². The second-order valence-corrected chi connectivity index (χ2v) is 7.42. The molecule has 0 saturated carbocycles. The average Bonchev–Trinajstić information content (AvgIpc) is 2.70. The normalized spacial score (nSPS) is 15.2. The standard InChI is InChI=1S/C21H35N5O/c1-18(2)8-7-12-23-21(22-3)24-13-11-20(27)26-16-14-25(15-17-26)19-9-5-4-6-10-19/h4-6,9-10,18H,7-8,11-17H2,1-3H3,(H2,22,23,24). The first-order valence-electron chi connectivity index (χ1n) is 10.1. The van der Waals surface area contributed by atoms with E-state index in [-0.39, 0.29) is 5.91 Å². The highest BCUT2D eigenvalue weighted by atomic mass is 16.2. The molecule has 1 aliphatic heterocycles. The van der Waals surface area contributed by atoms with Gasteiger partial charge in [-0.25, -0.2) is 0 Å². The van der Waals surface area contributed by atoms with Crippen LogP contribution >= 0.6 is 0 Å². The van der Waals surface area contributed by atoms with E-state index in [0.717, 1.165) is 51.0 Å². The monoisotopic (exact) mass is 373 g/mol. The molecule has 1 aromatic carbocycles. The number of piperazine rings is 1. The number of benzene rings is 1. The third-order valence-corrected chi connectivity index (χ3v) is 4.86. The summed E-state index contributed by atoms with van der Waals surface area (Å²) >= 11 is 0. The van der Waals surface area contributed by atoms with Crippen molar-refractivity contribution in [2.75, 3.05) is 51.2 Å². The Kier molecular flexibility index (Phi) is 8.95. The van der Waals surface area contributed by atoms with E-state index in [9.17, 15) is 4.79 Å². The number of rotatable bonds is 8. The number of amides is 1. The molecule has 1 amide bonds. The Hall–Kier alpha value is -2.24. The topological polar surface area (TPSA) is 60.0 Å². The molecule has 1 heterocycles. The highest BCUT2D eigenvalue weighted by Gasteiger charge is 2.20. The number of guanidine groups is 1. The first-order chi connectivity index (χ1) is 13.1. The second kappa shape index (κ2) is 11.5. The molecule has 0 radical (unpaired) electrons. The van der Waals surface area contributed by atoms with Crippen LogP contribution in [0.3, 0.4) is 0 Å². The highest BCUT2D eigenvalue weighted by molar-refractivity contribution is 5.81. The quantitative estimate of drug-likeness (QED) is 0.417. The molecule has 0 aromatic heterocycles. The predicted molar refractivity (Wildman–Crippen MR) is 113 cm³/mol. The summed E-state index contributed by atoms with van der Waals surface area (Å²) in [5.74, 6) is 1.72. The predicted octanol–water partition coefficient (Wildman–Crippen LogP) is 2.33. The molecule has 1 saturated heterocycles. The van der Waals surface area contributed by atoms with E-state index in [1.54, 1.807) is 7.05 Å². The van der Waals surface area contributed by atoms with Gasteiger partial charge in [-0.3, -0.25) is 9.79 Å². The Balaban J connectivity index is 1.63. The number of hydrogen-bond acceptors (Lipinski definition) is 3. The summed E-state index contributed by atoms with van der Waals surface area (Å²) in [6.45, 7) is 9.35. The van der Waals surface area contributed by atoms with Gasteiger partial charge >= 0.3 is 0 Å². The van der Waals surface area contributed by atoms with Crippen LogP contribution in [0.25, 0.3) is 0 Å². The number of carbonyl (C=O) groups is 1. The van der Waals surface area contributed by atoms with E-state index in [1.165, 1.54) is 12.1 Å². The Morgan fingerprint density at radius 1 is 1.07 bits per heavy atom. The molecule has 2 rings (SSSR count). The van der Waals surface area contributed by atoms with Crippen molar-refractivity contribution >= 4 is 17.6 Å². The van der Waals surface area contributed by atoms with Crippen molar-refractivity contribution in [3.63, 3.8) is 0 Å². The van der Waals surface area contributed by atoms with Crippen molar-refractivity contribution < 1.29 is 4.79 Å². The summed E-state index contributed by atoms with van der Waals surface area (Å²) in [7, 11) is 1.77. The number of anilines is 1. The van der Waals surface area contributed by atoms with Crippen LogP contribution in [0.1, 0.15) is 33.1 Å². The molecule has 0 aliphatic carbocycles. The minimum absolute atomic E-state index is 0.213. The van der Waals surface area contributed by atoms with Gasteiger partial charge < -0.3 is 20.4 Å². The third-order valence-electron chi connectivity index (χ3n) is 4.86. The molecule has 27 heavy (non-hydrogen) atoms. The molecule has 2 N–H and O–H groups in total. The van der Waals surface area contributed by atoms with Gasteiger partial charge in [-0.1, -0.05) is 32.0 Å². The van der Waals surface area contributed by atoms with Crippen molar-refractivity contribution in [1.29, 1.82) is 0 Å². The fourth-order valence-corrected chi connectivity index (χ4v) is 3.24. The lowest BCUT2D eigenvalue weighted by Gasteiger charge is -2.36. The van der Waals surface area contributed by atoms with Crippen LogP contribution in [-0.4, -0.2) is 63.1 Å². The minimum Gasteiger partial charge on any atom is -0.368 e. The maximum atomic E-state index is 12.5. The van der Waals surface area contributed by atoms with Gasteiger partial charge in [0.1, 0.15) is 0 Å². The molecular formula is C21H35N5O. The molecule has 1 aliphatic rings. The van der Waals surface area contributed by atoms with Crippen LogP contribution < -0.4 is 15.5 Å². The van der Waals surface area contributed by atoms with E-state index in [4.69, 9.17) is 0 Å². The van der Waals surface area contributed by atoms with Crippen molar-refractivity contribution in [3.05, 3.63) is 30.3 Å². The Morgan fingerprint density at radius 2 is 1.74 bits per heavy atom. The molecule has 0 spiro atoms. The van der Waals surface area contributed by atoms with Gasteiger partial charge in [-0.2, -0.15) is 0 Å². The van der Waals surface area contributed by atoms with Gasteiger partial charge in [0.2, 0.25) is 5.91 Å². The highest BCUT2D eigenvalue weighted by Crippen LogP contribution is 2.15. The molecule has 0 bridgehead atoms. The summed E-state index contributed by atoms with van der Waals surface area (Å²) in [6, 6.07) is 10.4. The summed E-state index contributed by atoms with van der Waals surface area (Å²) in [4.78, 5) is 21.0. The maximum Gasteiger partial charge on any atom is 0.224 e. The summed E-state index contributed by atoms with van der Waals surface area (Å²) in [5.41, 5.74) is 1.23. The van der Waals surface area contributed by atoms with Crippen molar-refractivity contribution in [2.45, 2.75) is 33.1 Å². The van der Waals surface area contributed by atoms with Crippen molar-refractivity contribution in [3.8, 4) is 0 Å². The fraction of sp³-hybridized carbons (Fsp3) is 0.619. The number of aliphatic imine (C=N–C) groups is 1. The zero-order valence-corrected chi connectivity index (χ0v) is 17.1. The molecule has 6 nitrogen and oxygen atoms in total. The summed E-state index contributed by atoms with van der Waals surface area (Å²) in [5, 5.41) is 6.55. The van der Waals surface area contributed by atoms with Gasteiger partial charge in [-0.05, 0) is 30.9 Å². The SMILES string of the molecule is CN=C(NCCCC(C)C)NCCC(=O)N1CCN(c2ccccc2)CC1.